The molecule has 0 spiro atoms. The first-order chi connectivity index (χ1) is 7.13. The number of nitrogens with one attached hydrogen (secondary N) is 1. The summed E-state index contributed by atoms with van der Waals surface area (Å²) in [5.41, 5.74) is 1.19. The van der Waals surface area contributed by atoms with Crippen molar-refractivity contribution in [2.24, 2.45) is 0 Å². The minimum absolute atomic E-state index is 0.258. The molecule has 0 fully saturated rings. The van der Waals surface area contributed by atoms with E-state index in [-0.39, 0.29) is 5.38 Å². The van der Waals surface area contributed by atoms with Crippen molar-refractivity contribution in [3.8, 4) is 0 Å². The summed E-state index contributed by atoms with van der Waals surface area (Å²) in [6.45, 7) is 5.02. The lowest BCUT2D eigenvalue weighted by Crippen LogP contribution is -2.09. The van der Waals surface area contributed by atoms with Crippen LogP contribution in [0.3, 0.4) is 0 Å². The molecule has 0 aliphatic heterocycles. The van der Waals surface area contributed by atoms with Gasteiger partial charge in [-0.05, 0) is 47.3 Å². The molecule has 2 nitrogen and oxygen atoms in total. The summed E-state index contributed by atoms with van der Waals surface area (Å²) < 4.78 is 1.04. The fraction of sp³-hybridized carbons (Fsp3) is 0.545. The number of hydrogen-bond acceptors (Lipinski definition) is 2. The highest BCUT2D eigenvalue weighted by Gasteiger charge is 2.02. The van der Waals surface area contributed by atoms with Gasteiger partial charge in [0.15, 0.2) is 0 Å². The number of nitrogens with zero attached hydrogens (tertiary/aromatic N) is 1. The maximum atomic E-state index is 6.02. The Labute approximate surface area is 105 Å². The smallest absolute Gasteiger partial charge is 0.126 e. The molecular weight excluding hydrogens is 275 g/mol. The molecular formula is C11H16BrClN2. The molecule has 0 bridgehead atoms. The van der Waals surface area contributed by atoms with Crippen LogP contribution in [0, 0.1) is 6.92 Å². The molecule has 0 saturated carbocycles. The molecule has 0 aliphatic rings. The van der Waals surface area contributed by atoms with E-state index in [1.54, 1.807) is 0 Å². The first-order valence-electron chi connectivity index (χ1n) is 5.13. The maximum Gasteiger partial charge on any atom is 0.126 e. The molecule has 1 heterocycles. The molecule has 1 aromatic rings. The van der Waals surface area contributed by atoms with Gasteiger partial charge in [-0.15, -0.1) is 11.6 Å². The van der Waals surface area contributed by atoms with Gasteiger partial charge >= 0.3 is 0 Å². The summed E-state index contributed by atoms with van der Waals surface area (Å²) in [5, 5.41) is 3.52. The predicted molar refractivity (Wildman–Crippen MR) is 69.7 cm³/mol. The molecule has 1 N–H and O–H groups in total. The number of rotatable bonds is 5. The van der Waals surface area contributed by atoms with Gasteiger partial charge in [-0.1, -0.05) is 6.92 Å². The second kappa shape index (κ2) is 6.33. The van der Waals surface area contributed by atoms with Crippen LogP contribution in [-0.2, 0) is 0 Å². The van der Waals surface area contributed by atoms with Crippen LogP contribution >= 0.6 is 27.5 Å². The van der Waals surface area contributed by atoms with Crippen molar-refractivity contribution in [2.45, 2.75) is 32.1 Å². The summed E-state index contributed by atoms with van der Waals surface area (Å²) in [4.78, 5) is 4.26. The molecule has 0 saturated heterocycles. The largest absolute Gasteiger partial charge is 0.370 e. The highest BCUT2D eigenvalue weighted by Crippen LogP contribution is 2.17. The Morgan fingerprint density at radius 3 is 2.93 bits per heavy atom. The first kappa shape index (κ1) is 12.8. The van der Waals surface area contributed by atoms with Gasteiger partial charge in [-0.2, -0.15) is 0 Å². The van der Waals surface area contributed by atoms with Crippen molar-refractivity contribution in [3.63, 3.8) is 0 Å². The monoisotopic (exact) mass is 290 g/mol. The van der Waals surface area contributed by atoms with E-state index in [1.165, 1.54) is 5.56 Å². The van der Waals surface area contributed by atoms with Gasteiger partial charge in [0.25, 0.3) is 0 Å². The molecule has 15 heavy (non-hydrogen) atoms. The molecule has 0 aromatic carbocycles. The van der Waals surface area contributed by atoms with Gasteiger partial charge in [0.2, 0.25) is 0 Å². The average Bonchev–Trinajstić information content (AvgIpc) is 2.23. The molecule has 84 valence electrons. The topological polar surface area (TPSA) is 24.9 Å². The molecule has 1 unspecified atom stereocenters. The first-order valence-corrected chi connectivity index (χ1v) is 6.36. The Morgan fingerprint density at radius 1 is 1.60 bits per heavy atom. The number of aryl methyl sites for hydroxylation is 1. The van der Waals surface area contributed by atoms with Crippen molar-refractivity contribution in [2.75, 3.05) is 11.9 Å². The predicted octanol–water partition coefficient (Wildman–Crippen LogP) is 3.97. The number of hydrogen-bond donors (Lipinski definition) is 1. The Kier molecular flexibility index (Phi) is 5.40. The van der Waals surface area contributed by atoms with Crippen LogP contribution in [0.15, 0.2) is 16.7 Å². The van der Waals surface area contributed by atoms with Crippen molar-refractivity contribution in [1.29, 1.82) is 0 Å². The van der Waals surface area contributed by atoms with Crippen LogP contribution in [0.5, 0.6) is 0 Å². The average molecular weight is 292 g/mol. The third-order valence-corrected chi connectivity index (χ3v) is 3.61. The van der Waals surface area contributed by atoms with Gasteiger partial charge < -0.3 is 5.32 Å². The number of anilines is 1. The van der Waals surface area contributed by atoms with E-state index >= 15 is 0 Å². The van der Waals surface area contributed by atoms with Crippen molar-refractivity contribution < 1.29 is 0 Å². The number of halogens is 2. The lowest BCUT2D eigenvalue weighted by atomic mass is 10.2. The molecule has 0 aliphatic carbocycles. The quantitative estimate of drug-likeness (QED) is 0.830. The summed E-state index contributed by atoms with van der Waals surface area (Å²) in [7, 11) is 0. The molecule has 0 amide bonds. The zero-order valence-corrected chi connectivity index (χ0v) is 11.4. The lowest BCUT2D eigenvalue weighted by molar-refractivity contribution is 0.752. The van der Waals surface area contributed by atoms with Crippen LogP contribution < -0.4 is 5.32 Å². The zero-order valence-electron chi connectivity index (χ0n) is 9.06. The third kappa shape index (κ3) is 4.39. The van der Waals surface area contributed by atoms with Crippen molar-refractivity contribution in [3.05, 3.63) is 22.3 Å². The van der Waals surface area contributed by atoms with E-state index in [1.807, 2.05) is 19.2 Å². The van der Waals surface area contributed by atoms with Crippen molar-refractivity contribution >= 4 is 33.3 Å². The molecule has 1 atom stereocenters. The van der Waals surface area contributed by atoms with E-state index < -0.39 is 0 Å². The van der Waals surface area contributed by atoms with Crippen LogP contribution in [0.1, 0.15) is 25.3 Å². The zero-order chi connectivity index (χ0) is 11.3. The van der Waals surface area contributed by atoms with Gasteiger partial charge in [-0.25, -0.2) is 4.98 Å². The Bertz CT molecular complexity index is 317. The van der Waals surface area contributed by atoms with Crippen LogP contribution in [-0.4, -0.2) is 16.9 Å². The fourth-order valence-corrected chi connectivity index (χ4v) is 1.52. The van der Waals surface area contributed by atoms with Crippen LogP contribution in [0.25, 0.3) is 0 Å². The number of aromatic nitrogens is 1. The minimum atomic E-state index is 0.258. The molecule has 0 radical (unpaired) electrons. The Morgan fingerprint density at radius 2 is 2.33 bits per heavy atom. The summed E-state index contributed by atoms with van der Waals surface area (Å²) >= 11 is 9.44. The normalized spacial score (nSPS) is 12.5. The van der Waals surface area contributed by atoms with Gasteiger partial charge in [0, 0.05) is 22.6 Å². The van der Waals surface area contributed by atoms with Gasteiger partial charge in [0.05, 0.1) is 0 Å². The lowest BCUT2D eigenvalue weighted by Gasteiger charge is -2.09. The Balaban J connectivity index is 2.41. The molecule has 1 aromatic heterocycles. The highest BCUT2D eigenvalue weighted by atomic mass is 79.9. The van der Waals surface area contributed by atoms with E-state index in [9.17, 15) is 0 Å². The summed E-state index contributed by atoms with van der Waals surface area (Å²) in [6, 6.07) is 2.03. The highest BCUT2D eigenvalue weighted by molar-refractivity contribution is 9.10. The minimum Gasteiger partial charge on any atom is -0.370 e. The fourth-order valence-electron chi connectivity index (χ4n) is 1.20. The number of pyridine rings is 1. The summed E-state index contributed by atoms with van der Waals surface area (Å²) in [5.74, 6) is 0.913. The van der Waals surface area contributed by atoms with E-state index in [0.29, 0.717) is 0 Å². The van der Waals surface area contributed by atoms with E-state index in [4.69, 9.17) is 11.6 Å². The summed E-state index contributed by atoms with van der Waals surface area (Å²) in [6.07, 6.45) is 3.79. The van der Waals surface area contributed by atoms with Crippen LogP contribution in [0.4, 0.5) is 5.82 Å². The standard InChI is InChI=1S/C11H16BrClN2/c1-3-9(13)4-5-14-11-6-8(2)10(12)7-15-11/h6-7,9H,3-5H2,1-2H3,(H,14,15). The van der Waals surface area contributed by atoms with Gasteiger partial charge in [-0.3, -0.25) is 0 Å². The van der Waals surface area contributed by atoms with Crippen LogP contribution in [0.2, 0.25) is 0 Å². The van der Waals surface area contributed by atoms with E-state index in [2.05, 4.69) is 33.2 Å². The molecule has 4 heteroatoms. The number of alkyl halides is 1. The third-order valence-electron chi connectivity index (χ3n) is 2.25. The Hall–Kier alpha value is -0.280. The second-order valence-corrected chi connectivity index (χ2v) is 5.01. The second-order valence-electron chi connectivity index (χ2n) is 3.54. The molecule has 1 rings (SSSR count). The maximum absolute atomic E-state index is 6.02. The SMILES string of the molecule is CCC(Cl)CCNc1cc(C)c(Br)cn1. The van der Waals surface area contributed by atoms with E-state index in [0.717, 1.165) is 29.7 Å². The van der Waals surface area contributed by atoms with Crippen molar-refractivity contribution in [1.82, 2.24) is 4.98 Å². The van der Waals surface area contributed by atoms with Gasteiger partial charge in [0.1, 0.15) is 5.82 Å².